The van der Waals surface area contributed by atoms with Crippen molar-refractivity contribution in [2.45, 2.75) is 9.79 Å². The molecular weight excluding hydrogens is 286 g/mol. The van der Waals surface area contributed by atoms with Gasteiger partial charge in [-0.25, -0.2) is 0 Å². The largest absolute Gasteiger partial charge is 0.298 e. The summed E-state index contributed by atoms with van der Waals surface area (Å²) in [5, 5.41) is 11.3. The Kier molecular flexibility index (Phi) is 4.19. The summed E-state index contributed by atoms with van der Waals surface area (Å²) >= 11 is 6.92. The summed E-state index contributed by atoms with van der Waals surface area (Å²) in [5.74, 6) is 0. The molecule has 0 unspecified atom stereocenters. The Morgan fingerprint density at radius 2 is 1.89 bits per heavy atom. The van der Waals surface area contributed by atoms with Crippen LogP contribution in [0.5, 0.6) is 0 Å². The Balaban J connectivity index is 2.43. The lowest BCUT2D eigenvalue weighted by Gasteiger charge is -2.05. The van der Waals surface area contributed by atoms with E-state index in [1.807, 2.05) is 0 Å². The number of aldehydes is 1. The van der Waals surface area contributed by atoms with Crippen molar-refractivity contribution < 1.29 is 9.72 Å². The van der Waals surface area contributed by atoms with Gasteiger partial charge in [0.1, 0.15) is 0 Å². The summed E-state index contributed by atoms with van der Waals surface area (Å²) in [6.45, 7) is 0. The number of benzene rings is 2. The van der Waals surface area contributed by atoms with Gasteiger partial charge in [-0.1, -0.05) is 41.6 Å². The highest BCUT2D eigenvalue weighted by Gasteiger charge is 2.16. The summed E-state index contributed by atoms with van der Waals surface area (Å²) < 4.78 is 0. The average molecular weight is 294 g/mol. The highest BCUT2D eigenvalue weighted by molar-refractivity contribution is 7.99. The second-order valence-corrected chi connectivity index (χ2v) is 5.15. The minimum Gasteiger partial charge on any atom is -0.298 e. The number of carbonyl (C=O) groups excluding carboxylic acids is 1. The lowest BCUT2D eigenvalue weighted by molar-refractivity contribution is -0.387. The summed E-state index contributed by atoms with van der Waals surface area (Å²) in [7, 11) is 0. The third-order valence-corrected chi connectivity index (χ3v) is 3.78. The minimum absolute atomic E-state index is 0.0711. The van der Waals surface area contributed by atoms with Crippen LogP contribution in [0.15, 0.2) is 52.3 Å². The Morgan fingerprint density at radius 1 is 1.16 bits per heavy atom. The SMILES string of the molecule is O=Cc1ccccc1Sc1ccc(Cl)cc1[N+](=O)[O-]. The second-order valence-electron chi connectivity index (χ2n) is 3.63. The van der Waals surface area contributed by atoms with E-state index < -0.39 is 4.92 Å². The maximum absolute atomic E-state index is 11.0. The van der Waals surface area contributed by atoms with Crippen LogP contribution in [0.4, 0.5) is 5.69 Å². The van der Waals surface area contributed by atoms with Crippen molar-refractivity contribution in [1.82, 2.24) is 0 Å². The molecule has 0 fully saturated rings. The summed E-state index contributed by atoms with van der Waals surface area (Å²) in [4.78, 5) is 22.5. The lowest BCUT2D eigenvalue weighted by Crippen LogP contribution is -1.91. The van der Waals surface area contributed by atoms with Crippen LogP contribution in [-0.2, 0) is 0 Å². The molecule has 0 N–H and O–H groups in total. The van der Waals surface area contributed by atoms with Crippen LogP contribution in [0.3, 0.4) is 0 Å². The van der Waals surface area contributed by atoms with E-state index in [1.54, 1.807) is 36.4 Å². The van der Waals surface area contributed by atoms with Crippen LogP contribution in [0.2, 0.25) is 5.02 Å². The molecule has 0 saturated heterocycles. The standard InChI is InChI=1S/C13H8ClNO3S/c14-10-5-6-13(11(7-10)15(17)18)19-12-4-2-1-3-9(12)8-16/h1-8H. The number of nitro benzene ring substituents is 1. The molecule has 6 heteroatoms. The molecule has 0 spiro atoms. The maximum Gasteiger partial charge on any atom is 0.284 e. The first-order valence-electron chi connectivity index (χ1n) is 5.28. The molecule has 0 aromatic heterocycles. The zero-order valence-corrected chi connectivity index (χ0v) is 11.1. The van der Waals surface area contributed by atoms with E-state index in [-0.39, 0.29) is 5.69 Å². The predicted octanol–water partition coefficient (Wildman–Crippen LogP) is 4.21. The van der Waals surface area contributed by atoms with Gasteiger partial charge in [-0.05, 0) is 18.2 Å². The molecule has 0 atom stereocenters. The number of hydrogen-bond donors (Lipinski definition) is 0. The number of rotatable bonds is 4. The number of nitro groups is 1. The zero-order valence-electron chi connectivity index (χ0n) is 9.58. The van der Waals surface area contributed by atoms with Crippen LogP contribution in [0.1, 0.15) is 10.4 Å². The van der Waals surface area contributed by atoms with Crippen molar-refractivity contribution in [1.29, 1.82) is 0 Å². The van der Waals surface area contributed by atoms with Crippen molar-refractivity contribution in [2.75, 3.05) is 0 Å². The average Bonchev–Trinajstić information content (AvgIpc) is 2.41. The topological polar surface area (TPSA) is 60.2 Å². The third kappa shape index (κ3) is 3.13. The van der Waals surface area contributed by atoms with Gasteiger partial charge in [0.15, 0.2) is 6.29 Å². The van der Waals surface area contributed by atoms with Crippen LogP contribution in [0, 0.1) is 10.1 Å². The van der Waals surface area contributed by atoms with Gasteiger partial charge in [-0.2, -0.15) is 0 Å². The van der Waals surface area contributed by atoms with Crippen LogP contribution >= 0.6 is 23.4 Å². The Hall–Kier alpha value is -1.85. The molecule has 2 aromatic rings. The van der Waals surface area contributed by atoms with Gasteiger partial charge in [0, 0.05) is 21.5 Å². The fraction of sp³-hybridized carbons (Fsp3) is 0. The van der Waals surface area contributed by atoms with E-state index in [4.69, 9.17) is 11.6 Å². The van der Waals surface area contributed by atoms with E-state index in [0.717, 1.165) is 6.29 Å². The Labute approximate surface area is 118 Å². The minimum atomic E-state index is -0.488. The van der Waals surface area contributed by atoms with E-state index in [2.05, 4.69) is 0 Å². The Bertz CT molecular complexity index is 646. The summed E-state index contributed by atoms with van der Waals surface area (Å²) in [6.07, 6.45) is 0.726. The normalized spacial score (nSPS) is 10.2. The highest BCUT2D eigenvalue weighted by Crippen LogP contribution is 2.37. The van der Waals surface area contributed by atoms with Gasteiger partial charge in [0.05, 0.1) is 9.82 Å². The van der Waals surface area contributed by atoms with Crippen molar-refractivity contribution in [3.8, 4) is 0 Å². The van der Waals surface area contributed by atoms with Crippen LogP contribution < -0.4 is 0 Å². The van der Waals surface area contributed by atoms with E-state index >= 15 is 0 Å². The number of nitrogens with zero attached hydrogens (tertiary/aromatic N) is 1. The van der Waals surface area contributed by atoms with E-state index in [9.17, 15) is 14.9 Å². The van der Waals surface area contributed by atoms with Gasteiger partial charge >= 0.3 is 0 Å². The van der Waals surface area contributed by atoms with Gasteiger partial charge in [0.2, 0.25) is 0 Å². The van der Waals surface area contributed by atoms with Crippen molar-refractivity contribution in [3.05, 3.63) is 63.2 Å². The van der Waals surface area contributed by atoms with Gasteiger partial charge < -0.3 is 0 Å². The predicted molar refractivity (Wildman–Crippen MR) is 74.1 cm³/mol. The van der Waals surface area contributed by atoms with Crippen molar-refractivity contribution in [3.63, 3.8) is 0 Å². The molecule has 19 heavy (non-hydrogen) atoms. The third-order valence-electron chi connectivity index (χ3n) is 2.38. The second kappa shape index (κ2) is 5.86. The van der Waals surface area contributed by atoms with Crippen LogP contribution in [-0.4, -0.2) is 11.2 Å². The summed E-state index contributed by atoms with van der Waals surface area (Å²) in [6, 6.07) is 11.4. The quantitative estimate of drug-likeness (QED) is 0.481. The first-order valence-corrected chi connectivity index (χ1v) is 6.47. The van der Waals surface area contributed by atoms with Crippen molar-refractivity contribution in [2.24, 2.45) is 0 Å². The number of carbonyl (C=O) groups is 1. The fourth-order valence-corrected chi connectivity index (χ4v) is 2.67. The van der Waals surface area contributed by atoms with Gasteiger partial charge in [-0.15, -0.1) is 0 Å². The summed E-state index contributed by atoms with van der Waals surface area (Å²) in [5.41, 5.74) is 0.426. The highest BCUT2D eigenvalue weighted by atomic mass is 35.5. The molecule has 4 nitrogen and oxygen atoms in total. The molecule has 0 aliphatic rings. The van der Waals surface area contributed by atoms with Crippen LogP contribution in [0.25, 0.3) is 0 Å². The molecule has 0 radical (unpaired) electrons. The molecule has 0 aliphatic heterocycles. The molecule has 96 valence electrons. The zero-order chi connectivity index (χ0) is 13.8. The smallest absolute Gasteiger partial charge is 0.284 e. The first-order chi connectivity index (χ1) is 9.11. The van der Waals surface area contributed by atoms with E-state index in [0.29, 0.717) is 20.4 Å². The monoisotopic (exact) mass is 293 g/mol. The molecular formula is C13H8ClNO3S. The maximum atomic E-state index is 11.0. The van der Waals surface area contributed by atoms with Crippen molar-refractivity contribution >= 4 is 35.3 Å². The van der Waals surface area contributed by atoms with Gasteiger partial charge in [0.25, 0.3) is 5.69 Å². The number of hydrogen-bond acceptors (Lipinski definition) is 4. The fourth-order valence-electron chi connectivity index (χ4n) is 1.51. The number of halogens is 1. The molecule has 0 heterocycles. The molecule has 0 bridgehead atoms. The first kappa shape index (κ1) is 13.6. The lowest BCUT2D eigenvalue weighted by atomic mass is 10.2. The molecule has 0 aliphatic carbocycles. The molecule has 0 amide bonds. The van der Waals surface area contributed by atoms with E-state index in [1.165, 1.54) is 17.8 Å². The molecule has 2 rings (SSSR count). The molecule has 2 aromatic carbocycles. The van der Waals surface area contributed by atoms with Gasteiger partial charge in [-0.3, -0.25) is 14.9 Å². The molecule has 0 saturated carbocycles. The Morgan fingerprint density at radius 3 is 2.58 bits per heavy atom.